The van der Waals surface area contributed by atoms with E-state index in [0.29, 0.717) is 5.13 Å². The third-order valence-electron chi connectivity index (χ3n) is 1.06. The Hall–Kier alpha value is -1.56. The molecule has 0 aliphatic heterocycles. The fraction of sp³-hybridized carbons (Fsp3) is 0. The second-order valence-electron chi connectivity index (χ2n) is 1.83. The first-order chi connectivity index (χ1) is 5.95. The largest absolute Gasteiger partial charge is 0.430 e. The van der Waals surface area contributed by atoms with Gasteiger partial charge in [0.25, 0.3) is 0 Å². The van der Waals surface area contributed by atoms with Crippen LogP contribution in [0.1, 0.15) is 0 Å². The van der Waals surface area contributed by atoms with E-state index in [0.717, 1.165) is 0 Å². The molecule has 0 bridgehead atoms. The lowest BCUT2D eigenvalue weighted by atomic mass is 11.0. The van der Waals surface area contributed by atoms with Crippen molar-refractivity contribution in [1.29, 1.82) is 0 Å². The van der Waals surface area contributed by atoms with Gasteiger partial charge >= 0.3 is 6.01 Å². The molecule has 0 radical (unpaired) electrons. The second kappa shape index (κ2) is 3.22. The molecular weight excluding hydrogens is 176 g/mol. The Bertz CT molecular complexity index is 317. The molecule has 0 aromatic carbocycles. The van der Waals surface area contributed by atoms with Crippen LogP contribution in [0.4, 0.5) is 11.1 Å². The maximum absolute atomic E-state index is 4.84. The SMILES string of the molecule is c1coc(/N=N/c2nccs2)n1. The standard InChI is InChI=1S/C6H4N4OS/c1-3-11-5(7-1)9-10-6-8-2-4-12-6/h1-4H/b10-9+. The number of rotatable bonds is 2. The quantitative estimate of drug-likeness (QED) is 0.667. The zero-order valence-corrected chi connectivity index (χ0v) is 6.73. The molecule has 12 heavy (non-hydrogen) atoms. The topological polar surface area (TPSA) is 63.6 Å². The van der Waals surface area contributed by atoms with Crippen molar-refractivity contribution in [2.24, 2.45) is 10.2 Å². The van der Waals surface area contributed by atoms with E-state index in [-0.39, 0.29) is 6.01 Å². The first-order valence-electron chi connectivity index (χ1n) is 3.16. The summed E-state index contributed by atoms with van der Waals surface area (Å²) in [5.74, 6) is 0. The van der Waals surface area contributed by atoms with Gasteiger partial charge in [-0.25, -0.2) is 4.98 Å². The average Bonchev–Trinajstić information content (AvgIpc) is 2.74. The molecule has 5 nitrogen and oxygen atoms in total. The van der Waals surface area contributed by atoms with Crippen LogP contribution in [0.15, 0.2) is 38.7 Å². The number of oxazole rings is 1. The zero-order valence-electron chi connectivity index (χ0n) is 5.91. The van der Waals surface area contributed by atoms with Crippen LogP contribution in [0.2, 0.25) is 0 Å². The van der Waals surface area contributed by atoms with Crippen LogP contribution in [-0.2, 0) is 0 Å². The van der Waals surface area contributed by atoms with Gasteiger partial charge in [-0.2, -0.15) is 4.98 Å². The van der Waals surface area contributed by atoms with Gasteiger partial charge in [0.05, 0.1) is 6.20 Å². The van der Waals surface area contributed by atoms with Gasteiger partial charge < -0.3 is 4.42 Å². The molecule has 6 heteroatoms. The Balaban J connectivity index is 2.14. The average molecular weight is 180 g/mol. The summed E-state index contributed by atoms with van der Waals surface area (Å²) < 4.78 is 4.84. The molecule has 0 spiro atoms. The van der Waals surface area contributed by atoms with E-state index in [9.17, 15) is 0 Å². The maximum Gasteiger partial charge on any atom is 0.340 e. The van der Waals surface area contributed by atoms with E-state index >= 15 is 0 Å². The van der Waals surface area contributed by atoms with Crippen molar-refractivity contribution in [3.05, 3.63) is 24.0 Å². The third-order valence-corrected chi connectivity index (χ3v) is 1.72. The van der Waals surface area contributed by atoms with Crippen LogP contribution >= 0.6 is 11.3 Å². The summed E-state index contributed by atoms with van der Waals surface area (Å²) in [6, 6.07) is 0.241. The predicted molar refractivity (Wildman–Crippen MR) is 42.8 cm³/mol. The zero-order chi connectivity index (χ0) is 8.23. The lowest BCUT2D eigenvalue weighted by Gasteiger charge is -1.78. The summed E-state index contributed by atoms with van der Waals surface area (Å²) >= 11 is 1.40. The minimum absolute atomic E-state index is 0.241. The highest BCUT2D eigenvalue weighted by molar-refractivity contribution is 7.13. The molecule has 60 valence electrons. The molecule has 2 aromatic rings. The lowest BCUT2D eigenvalue weighted by molar-refractivity contribution is 0.564. The molecule has 0 N–H and O–H groups in total. The molecule has 2 aromatic heterocycles. The molecule has 0 fully saturated rings. The molecule has 0 unspecified atom stereocenters. The summed E-state index contributed by atoms with van der Waals surface area (Å²) in [4.78, 5) is 7.67. The Morgan fingerprint density at radius 2 is 2.25 bits per heavy atom. The highest BCUT2D eigenvalue weighted by Gasteiger charge is 1.93. The van der Waals surface area contributed by atoms with Crippen LogP contribution in [0, 0.1) is 0 Å². The first-order valence-corrected chi connectivity index (χ1v) is 4.04. The summed E-state index contributed by atoms with van der Waals surface area (Å²) in [7, 11) is 0. The van der Waals surface area contributed by atoms with E-state index in [1.807, 2.05) is 5.38 Å². The van der Waals surface area contributed by atoms with Crippen molar-refractivity contribution in [1.82, 2.24) is 9.97 Å². The Kier molecular flexibility index (Phi) is 1.91. The summed E-state index contributed by atoms with van der Waals surface area (Å²) in [5.41, 5.74) is 0. The number of hydrogen-bond donors (Lipinski definition) is 0. The Labute approximate surface area is 71.8 Å². The van der Waals surface area contributed by atoms with Gasteiger partial charge in [0.15, 0.2) is 0 Å². The highest BCUT2D eigenvalue weighted by atomic mass is 32.1. The van der Waals surface area contributed by atoms with Crippen LogP contribution in [0.5, 0.6) is 0 Å². The number of thiazole rings is 1. The van der Waals surface area contributed by atoms with Crippen molar-refractivity contribution < 1.29 is 4.42 Å². The highest BCUT2D eigenvalue weighted by Crippen LogP contribution is 2.17. The molecule has 0 atom stereocenters. The van der Waals surface area contributed by atoms with Crippen molar-refractivity contribution in [3.8, 4) is 0 Å². The Morgan fingerprint density at radius 3 is 2.92 bits per heavy atom. The molecule has 2 rings (SSSR count). The van der Waals surface area contributed by atoms with Crippen molar-refractivity contribution >= 4 is 22.5 Å². The number of aromatic nitrogens is 2. The van der Waals surface area contributed by atoms with E-state index < -0.39 is 0 Å². The van der Waals surface area contributed by atoms with Crippen molar-refractivity contribution in [2.45, 2.75) is 0 Å². The Morgan fingerprint density at radius 1 is 1.25 bits per heavy atom. The lowest BCUT2D eigenvalue weighted by Crippen LogP contribution is -1.58. The van der Waals surface area contributed by atoms with Gasteiger partial charge in [-0.3, -0.25) is 0 Å². The molecule has 0 amide bonds. The van der Waals surface area contributed by atoms with Gasteiger partial charge in [0, 0.05) is 11.6 Å². The van der Waals surface area contributed by atoms with E-state index in [2.05, 4.69) is 20.2 Å². The van der Waals surface area contributed by atoms with Crippen molar-refractivity contribution in [2.75, 3.05) is 0 Å². The molecular formula is C6H4N4OS. The first kappa shape index (κ1) is 7.11. The van der Waals surface area contributed by atoms with Gasteiger partial charge in [-0.05, 0) is 0 Å². The summed E-state index contributed by atoms with van der Waals surface area (Å²) in [5, 5.41) is 9.90. The summed E-state index contributed by atoms with van der Waals surface area (Å²) in [6.45, 7) is 0. The van der Waals surface area contributed by atoms with E-state index in [4.69, 9.17) is 4.42 Å². The number of azo groups is 1. The smallest absolute Gasteiger partial charge is 0.340 e. The van der Waals surface area contributed by atoms with E-state index in [1.54, 1.807) is 6.20 Å². The molecule has 0 aliphatic rings. The predicted octanol–water partition coefficient (Wildman–Crippen LogP) is 2.55. The molecule has 2 heterocycles. The second-order valence-corrected chi connectivity index (χ2v) is 2.70. The fourth-order valence-electron chi connectivity index (χ4n) is 0.616. The van der Waals surface area contributed by atoms with Crippen molar-refractivity contribution in [3.63, 3.8) is 0 Å². The van der Waals surface area contributed by atoms with Gasteiger partial charge in [-0.1, -0.05) is 5.11 Å². The van der Waals surface area contributed by atoms with Gasteiger partial charge in [-0.15, -0.1) is 16.5 Å². The fourth-order valence-corrected chi connectivity index (χ4v) is 1.07. The molecule has 0 saturated heterocycles. The molecule has 0 aliphatic carbocycles. The van der Waals surface area contributed by atoms with Crippen LogP contribution in [0.3, 0.4) is 0 Å². The number of hydrogen-bond acceptors (Lipinski definition) is 6. The maximum atomic E-state index is 4.84. The van der Waals surface area contributed by atoms with Gasteiger partial charge in [0.1, 0.15) is 6.26 Å². The summed E-state index contributed by atoms with van der Waals surface area (Å²) in [6.07, 6.45) is 4.61. The number of nitrogens with zero attached hydrogens (tertiary/aromatic N) is 4. The third kappa shape index (κ3) is 1.54. The molecule has 0 saturated carbocycles. The van der Waals surface area contributed by atoms with Crippen LogP contribution in [-0.4, -0.2) is 9.97 Å². The van der Waals surface area contributed by atoms with Gasteiger partial charge in [0.2, 0.25) is 5.13 Å². The van der Waals surface area contributed by atoms with Crippen LogP contribution in [0.25, 0.3) is 0 Å². The van der Waals surface area contributed by atoms with E-state index in [1.165, 1.54) is 23.8 Å². The van der Waals surface area contributed by atoms with Crippen LogP contribution < -0.4 is 0 Å². The normalized spacial score (nSPS) is 11.0. The minimum Gasteiger partial charge on any atom is -0.430 e. The minimum atomic E-state index is 0.241. The monoisotopic (exact) mass is 180 g/mol.